The van der Waals surface area contributed by atoms with Gasteiger partial charge in [-0.25, -0.2) is 9.69 Å². The van der Waals surface area contributed by atoms with Crippen LogP contribution in [0, 0.1) is 0 Å². The minimum atomic E-state index is -0.770. The summed E-state index contributed by atoms with van der Waals surface area (Å²) in [5, 5.41) is 0. The average Bonchev–Trinajstić information content (AvgIpc) is 3.02. The number of imide groups is 2. The molecule has 0 N–H and O–H groups in total. The molecule has 1 atom stereocenters. The van der Waals surface area contributed by atoms with Crippen LogP contribution in [0.1, 0.15) is 36.1 Å². The average molecular weight is 437 g/mol. The van der Waals surface area contributed by atoms with Crippen LogP contribution in [0.2, 0.25) is 0 Å². The van der Waals surface area contributed by atoms with Crippen LogP contribution in [-0.4, -0.2) is 66.5 Å². The van der Waals surface area contributed by atoms with Crippen LogP contribution in [0.25, 0.3) is 0 Å². The fourth-order valence-electron chi connectivity index (χ4n) is 4.45. The number of rotatable bonds is 7. The number of amides is 4. The van der Waals surface area contributed by atoms with Crippen molar-refractivity contribution in [1.29, 1.82) is 0 Å². The molecular weight excluding hydrogens is 410 g/mol. The molecule has 0 radical (unpaired) electrons. The van der Waals surface area contributed by atoms with Crippen molar-refractivity contribution in [3.05, 3.63) is 59.2 Å². The van der Waals surface area contributed by atoms with Crippen molar-refractivity contribution in [3.8, 4) is 11.5 Å². The van der Waals surface area contributed by atoms with E-state index in [1.807, 2.05) is 49.4 Å². The summed E-state index contributed by atoms with van der Waals surface area (Å²) in [5.41, 5.74) is 3.17. The number of nitrogens with zero attached hydrogens (tertiary/aromatic N) is 3. The Bertz CT molecular complexity index is 1040. The van der Waals surface area contributed by atoms with Crippen molar-refractivity contribution < 1.29 is 23.9 Å². The molecular formula is C24H27N3O5. The number of carbonyl (C=O) groups is 3. The van der Waals surface area contributed by atoms with E-state index in [4.69, 9.17) is 9.47 Å². The third kappa shape index (κ3) is 3.71. The summed E-state index contributed by atoms with van der Waals surface area (Å²) < 4.78 is 11.0. The second-order valence-corrected chi connectivity index (χ2v) is 7.90. The molecule has 0 aromatic heterocycles. The van der Waals surface area contributed by atoms with Crippen molar-refractivity contribution in [2.75, 3.05) is 34.0 Å². The van der Waals surface area contributed by atoms with E-state index < -0.39 is 17.8 Å². The van der Waals surface area contributed by atoms with Crippen LogP contribution in [0.15, 0.2) is 42.5 Å². The summed E-state index contributed by atoms with van der Waals surface area (Å²) in [7, 11) is 3.20. The summed E-state index contributed by atoms with van der Waals surface area (Å²) in [5.74, 6) is -0.242. The fraction of sp³-hybridized carbons (Fsp3) is 0.375. The minimum Gasteiger partial charge on any atom is -0.493 e. The molecule has 1 fully saturated rings. The van der Waals surface area contributed by atoms with E-state index in [2.05, 4.69) is 4.90 Å². The van der Waals surface area contributed by atoms with Gasteiger partial charge in [-0.2, -0.15) is 0 Å². The first-order valence-corrected chi connectivity index (χ1v) is 10.7. The van der Waals surface area contributed by atoms with Gasteiger partial charge in [0.2, 0.25) is 0 Å². The molecule has 4 amide bonds. The largest absolute Gasteiger partial charge is 0.493 e. The van der Waals surface area contributed by atoms with Crippen LogP contribution in [0.4, 0.5) is 4.79 Å². The molecule has 2 heterocycles. The molecule has 2 aromatic carbocycles. The van der Waals surface area contributed by atoms with E-state index >= 15 is 0 Å². The topological polar surface area (TPSA) is 79.4 Å². The SMILES string of the molecule is CCCN1C(=O)C(=O)N(CN2CCc3cc(OC)c(OC)cc3[C@@H]2c2ccccc2)C1=O. The van der Waals surface area contributed by atoms with Gasteiger partial charge in [0.25, 0.3) is 0 Å². The fourth-order valence-corrected chi connectivity index (χ4v) is 4.45. The molecule has 0 unspecified atom stereocenters. The third-order valence-corrected chi connectivity index (χ3v) is 5.99. The highest BCUT2D eigenvalue weighted by Gasteiger charge is 2.45. The molecule has 0 saturated carbocycles. The Kier molecular flexibility index (Phi) is 6.14. The number of urea groups is 1. The molecule has 32 heavy (non-hydrogen) atoms. The van der Waals surface area contributed by atoms with Crippen molar-refractivity contribution >= 4 is 17.8 Å². The maximum absolute atomic E-state index is 12.8. The predicted molar refractivity (Wildman–Crippen MR) is 117 cm³/mol. The van der Waals surface area contributed by atoms with Gasteiger partial charge in [0.05, 0.1) is 26.9 Å². The first-order valence-electron chi connectivity index (χ1n) is 10.7. The van der Waals surface area contributed by atoms with Gasteiger partial charge in [-0.15, -0.1) is 0 Å². The zero-order valence-electron chi connectivity index (χ0n) is 18.5. The number of methoxy groups -OCH3 is 2. The molecule has 4 rings (SSSR count). The number of hydrogen-bond acceptors (Lipinski definition) is 6. The van der Waals surface area contributed by atoms with Crippen LogP contribution >= 0.6 is 0 Å². The summed E-state index contributed by atoms with van der Waals surface area (Å²) in [6.07, 6.45) is 1.31. The Labute approximate surface area is 187 Å². The molecule has 168 valence electrons. The number of carbonyl (C=O) groups excluding carboxylic acids is 3. The Balaban J connectivity index is 1.72. The quantitative estimate of drug-likeness (QED) is 0.490. The van der Waals surface area contributed by atoms with Crippen LogP contribution < -0.4 is 9.47 Å². The van der Waals surface area contributed by atoms with Gasteiger partial charge in [0, 0.05) is 13.1 Å². The van der Waals surface area contributed by atoms with Crippen molar-refractivity contribution in [2.24, 2.45) is 0 Å². The summed E-state index contributed by atoms with van der Waals surface area (Å²) in [4.78, 5) is 41.9. The standard InChI is InChI=1S/C24H27N3O5/c1-4-11-26-22(28)23(29)27(24(26)30)15-25-12-10-17-13-19(31-2)20(32-3)14-18(17)21(25)16-8-6-5-7-9-16/h5-9,13-14,21H,4,10-12,15H2,1-3H3/t21-/m0/s1. The highest BCUT2D eigenvalue weighted by Crippen LogP contribution is 2.41. The Morgan fingerprint density at radius 2 is 1.59 bits per heavy atom. The van der Waals surface area contributed by atoms with Gasteiger partial charge in [0.15, 0.2) is 11.5 Å². The lowest BCUT2D eigenvalue weighted by atomic mass is 9.88. The molecule has 8 nitrogen and oxygen atoms in total. The predicted octanol–water partition coefficient (Wildman–Crippen LogP) is 2.81. The zero-order valence-corrected chi connectivity index (χ0v) is 18.5. The maximum Gasteiger partial charge on any atom is 0.335 e. The van der Waals surface area contributed by atoms with Crippen LogP contribution in [0.3, 0.4) is 0 Å². The van der Waals surface area contributed by atoms with Crippen LogP contribution in [0.5, 0.6) is 11.5 Å². The molecule has 0 aliphatic carbocycles. The smallest absolute Gasteiger partial charge is 0.335 e. The van der Waals surface area contributed by atoms with Crippen molar-refractivity contribution in [1.82, 2.24) is 14.7 Å². The van der Waals surface area contributed by atoms with Gasteiger partial charge in [-0.3, -0.25) is 19.4 Å². The van der Waals surface area contributed by atoms with E-state index in [-0.39, 0.29) is 19.3 Å². The summed E-state index contributed by atoms with van der Waals surface area (Å²) in [6, 6.07) is 13.1. The lowest BCUT2D eigenvalue weighted by Crippen LogP contribution is -2.46. The molecule has 0 bridgehead atoms. The molecule has 8 heteroatoms. The van der Waals surface area contributed by atoms with E-state index in [0.29, 0.717) is 30.9 Å². The van der Waals surface area contributed by atoms with Gasteiger partial charge >= 0.3 is 17.8 Å². The number of fused-ring (bicyclic) bond motifs is 1. The van der Waals surface area contributed by atoms with E-state index in [1.54, 1.807) is 14.2 Å². The molecule has 2 aliphatic rings. The van der Waals surface area contributed by atoms with E-state index in [1.165, 1.54) is 0 Å². The van der Waals surface area contributed by atoms with Gasteiger partial charge < -0.3 is 9.47 Å². The second kappa shape index (κ2) is 9.00. The van der Waals surface area contributed by atoms with Gasteiger partial charge in [0.1, 0.15) is 0 Å². The third-order valence-electron chi connectivity index (χ3n) is 5.99. The number of hydrogen-bond donors (Lipinski definition) is 0. The summed E-state index contributed by atoms with van der Waals surface area (Å²) in [6.45, 7) is 2.75. The normalized spacial score (nSPS) is 18.8. The zero-order chi connectivity index (χ0) is 22.8. The van der Waals surface area contributed by atoms with E-state index in [0.717, 1.165) is 26.5 Å². The number of ether oxygens (including phenoxy) is 2. The highest BCUT2D eigenvalue weighted by molar-refractivity contribution is 6.44. The molecule has 2 aliphatic heterocycles. The summed E-state index contributed by atoms with van der Waals surface area (Å²) >= 11 is 0. The lowest BCUT2D eigenvalue weighted by Gasteiger charge is -2.39. The van der Waals surface area contributed by atoms with Crippen LogP contribution in [-0.2, 0) is 16.0 Å². The minimum absolute atomic E-state index is 0.0387. The van der Waals surface area contributed by atoms with E-state index in [9.17, 15) is 14.4 Å². The lowest BCUT2D eigenvalue weighted by molar-refractivity contribution is -0.144. The maximum atomic E-state index is 12.8. The van der Waals surface area contributed by atoms with Crippen molar-refractivity contribution in [3.63, 3.8) is 0 Å². The molecule has 0 spiro atoms. The monoisotopic (exact) mass is 437 g/mol. The van der Waals surface area contributed by atoms with Gasteiger partial charge in [-0.1, -0.05) is 37.3 Å². The Morgan fingerprint density at radius 3 is 2.25 bits per heavy atom. The highest BCUT2D eigenvalue weighted by atomic mass is 16.5. The van der Waals surface area contributed by atoms with Gasteiger partial charge in [-0.05, 0) is 41.7 Å². The second-order valence-electron chi connectivity index (χ2n) is 7.90. The Morgan fingerprint density at radius 1 is 0.938 bits per heavy atom. The van der Waals surface area contributed by atoms with Crippen molar-refractivity contribution in [2.45, 2.75) is 25.8 Å². The molecule has 2 aromatic rings. The first kappa shape index (κ1) is 21.8. The number of benzene rings is 2. The first-order chi connectivity index (χ1) is 15.5. The Hall–Kier alpha value is -3.39. The molecule has 1 saturated heterocycles.